The van der Waals surface area contributed by atoms with Crippen LogP contribution in [0.4, 0.5) is 0 Å². The van der Waals surface area contributed by atoms with Crippen LogP contribution in [-0.2, 0) is 4.43 Å². The molecule has 0 aliphatic heterocycles. The van der Waals surface area contributed by atoms with Crippen molar-refractivity contribution in [1.82, 2.24) is 0 Å². The summed E-state index contributed by atoms with van der Waals surface area (Å²) in [5.74, 6) is 0. The molecule has 0 aliphatic carbocycles. The zero-order valence-electron chi connectivity index (χ0n) is 16.9. The molecule has 0 aliphatic rings. The number of rotatable bonds is 18. The zero-order chi connectivity index (χ0) is 17.2. The standard InChI is InChI=1S/C21H46OSi/c1-5-9-10-11-12-13-14-15-16-17-18-22-23(19-6-2,20-7-3)21-8-4/h5-21H2,1-4H3. The molecule has 2 heteroatoms. The smallest absolute Gasteiger partial charge is 0.192 e. The molecule has 0 N–H and O–H groups in total. The summed E-state index contributed by atoms with van der Waals surface area (Å²) >= 11 is 0. The lowest BCUT2D eigenvalue weighted by Gasteiger charge is -2.31. The van der Waals surface area contributed by atoms with Crippen LogP contribution in [-0.4, -0.2) is 14.9 Å². The minimum Gasteiger partial charge on any atom is -0.417 e. The predicted molar refractivity (Wildman–Crippen MR) is 109 cm³/mol. The van der Waals surface area contributed by atoms with Gasteiger partial charge in [-0.1, -0.05) is 105 Å². The highest BCUT2D eigenvalue weighted by Crippen LogP contribution is 2.27. The van der Waals surface area contributed by atoms with Crippen molar-refractivity contribution in [1.29, 1.82) is 0 Å². The molecule has 0 spiro atoms. The molecule has 0 amide bonds. The summed E-state index contributed by atoms with van der Waals surface area (Å²) in [6.45, 7) is 10.3. The lowest BCUT2D eigenvalue weighted by atomic mass is 10.1. The molecule has 0 radical (unpaired) electrons. The topological polar surface area (TPSA) is 9.23 Å². The molecule has 0 atom stereocenters. The third-order valence-corrected chi connectivity index (χ3v) is 10.1. The molecule has 1 nitrogen and oxygen atoms in total. The summed E-state index contributed by atoms with van der Waals surface area (Å²) in [5.41, 5.74) is 0. The monoisotopic (exact) mass is 342 g/mol. The maximum Gasteiger partial charge on any atom is 0.192 e. The van der Waals surface area contributed by atoms with Gasteiger partial charge in [-0.2, -0.15) is 0 Å². The molecule has 23 heavy (non-hydrogen) atoms. The Kier molecular flexibility index (Phi) is 17.1. The van der Waals surface area contributed by atoms with Gasteiger partial charge in [0.15, 0.2) is 8.32 Å². The molecular formula is C21H46OSi. The second-order valence-corrected chi connectivity index (χ2v) is 11.6. The quantitative estimate of drug-likeness (QED) is 0.180. The molecular weight excluding hydrogens is 296 g/mol. The molecule has 0 fully saturated rings. The van der Waals surface area contributed by atoms with E-state index in [1.807, 2.05) is 0 Å². The van der Waals surface area contributed by atoms with Crippen LogP contribution in [0.25, 0.3) is 0 Å². The van der Waals surface area contributed by atoms with Gasteiger partial charge in [0, 0.05) is 6.61 Å². The van der Waals surface area contributed by atoms with Gasteiger partial charge < -0.3 is 4.43 Å². The van der Waals surface area contributed by atoms with Gasteiger partial charge in [-0.25, -0.2) is 0 Å². The Morgan fingerprint density at radius 2 is 0.870 bits per heavy atom. The van der Waals surface area contributed by atoms with E-state index in [0.29, 0.717) is 0 Å². The largest absolute Gasteiger partial charge is 0.417 e. The van der Waals surface area contributed by atoms with Crippen molar-refractivity contribution < 1.29 is 4.43 Å². The van der Waals surface area contributed by atoms with E-state index in [1.165, 1.54) is 102 Å². The molecule has 0 aromatic rings. The molecule has 0 unspecified atom stereocenters. The highest BCUT2D eigenvalue weighted by atomic mass is 28.4. The van der Waals surface area contributed by atoms with E-state index in [9.17, 15) is 0 Å². The van der Waals surface area contributed by atoms with E-state index in [2.05, 4.69) is 27.7 Å². The Labute approximate surface area is 149 Å². The Hall–Kier alpha value is 0.177. The first kappa shape index (κ1) is 23.2. The Morgan fingerprint density at radius 3 is 1.26 bits per heavy atom. The van der Waals surface area contributed by atoms with E-state index in [0.717, 1.165) is 6.61 Å². The van der Waals surface area contributed by atoms with E-state index in [-0.39, 0.29) is 0 Å². The predicted octanol–water partition coefficient (Wildman–Crippen LogP) is 8.10. The minimum atomic E-state index is -1.39. The second-order valence-electron chi connectivity index (χ2n) is 7.46. The van der Waals surface area contributed by atoms with Crippen LogP contribution >= 0.6 is 0 Å². The normalized spacial score (nSPS) is 12.0. The molecule has 0 rings (SSSR count). The fourth-order valence-electron chi connectivity index (χ4n) is 3.84. The zero-order valence-corrected chi connectivity index (χ0v) is 17.9. The van der Waals surface area contributed by atoms with Crippen molar-refractivity contribution in [2.75, 3.05) is 6.61 Å². The fourth-order valence-corrected chi connectivity index (χ4v) is 8.33. The Morgan fingerprint density at radius 1 is 0.478 bits per heavy atom. The van der Waals surface area contributed by atoms with E-state index < -0.39 is 8.32 Å². The van der Waals surface area contributed by atoms with Crippen LogP contribution in [0.5, 0.6) is 0 Å². The van der Waals surface area contributed by atoms with E-state index >= 15 is 0 Å². The lowest BCUT2D eigenvalue weighted by molar-refractivity contribution is 0.283. The van der Waals surface area contributed by atoms with Crippen molar-refractivity contribution in [3.05, 3.63) is 0 Å². The number of hydrogen-bond donors (Lipinski definition) is 0. The molecule has 0 saturated carbocycles. The van der Waals surface area contributed by atoms with Crippen LogP contribution in [0.1, 0.15) is 111 Å². The highest BCUT2D eigenvalue weighted by Gasteiger charge is 2.31. The van der Waals surface area contributed by atoms with Gasteiger partial charge in [-0.05, 0) is 24.6 Å². The molecule has 140 valence electrons. The van der Waals surface area contributed by atoms with Crippen molar-refractivity contribution in [3.8, 4) is 0 Å². The molecule has 0 bridgehead atoms. The van der Waals surface area contributed by atoms with Crippen molar-refractivity contribution in [3.63, 3.8) is 0 Å². The molecule has 0 heterocycles. The van der Waals surface area contributed by atoms with Crippen LogP contribution in [0.3, 0.4) is 0 Å². The number of unbranched alkanes of at least 4 members (excludes halogenated alkanes) is 9. The summed E-state index contributed by atoms with van der Waals surface area (Å²) in [7, 11) is -1.39. The molecule has 0 aromatic carbocycles. The van der Waals surface area contributed by atoms with Crippen LogP contribution in [0.15, 0.2) is 0 Å². The lowest BCUT2D eigenvalue weighted by Crippen LogP contribution is -2.38. The second kappa shape index (κ2) is 17.0. The minimum absolute atomic E-state index is 1.04. The van der Waals surface area contributed by atoms with Crippen LogP contribution in [0.2, 0.25) is 18.1 Å². The van der Waals surface area contributed by atoms with Gasteiger partial charge in [0.25, 0.3) is 0 Å². The van der Waals surface area contributed by atoms with Gasteiger partial charge in [-0.15, -0.1) is 0 Å². The Balaban J connectivity index is 3.65. The average Bonchev–Trinajstić information content (AvgIpc) is 2.53. The summed E-state index contributed by atoms with van der Waals surface area (Å²) in [6.07, 6.45) is 18.0. The molecule has 0 aromatic heterocycles. The summed E-state index contributed by atoms with van der Waals surface area (Å²) in [6, 6.07) is 4.14. The van der Waals surface area contributed by atoms with Gasteiger partial charge in [0.2, 0.25) is 0 Å². The highest BCUT2D eigenvalue weighted by molar-refractivity contribution is 6.73. The first-order valence-corrected chi connectivity index (χ1v) is 13.4. The van der Waals surface area contributed by atoms with Gasteiger partial charge >= 0.3 is 0 Å². The van der Waals surface area contributed by atoms with Crippen LogP contribution in [0, 0.1) is 0 Å². The third-order valence-electron chi connectivity index (χ3n) is 5.02. The fraction of sp³-hybridized carbons (Fsp3) is 1.00. The van der Waals surface area contributed by atoms with E-state index in [1.54, 1.807) is 0 Å². The third kappa shape index (κ3) is 13.2. The summed E-state index contributed by atoms with van der Waals surface area (Å²) < 4.78 is 6.56. The van der Waals surface area contributed by atoms with Gasteiger partial charge in [0.05, 0.1) is 0 Å². The first-order valence-electron chi connectivity index (χ1n) is 10.9. The maximum absolute atomic E-state index is 6.56. The van der Waals surface area contributed by atoms with Crippen molar-refractivity contribution in [2.24, 2.45) is 0 Å². The van der Waals surface area contributed by atoms with E-state index in [4.69, 9.17) is 4.43 Å². The van der Waals surface area contributed by atoms with Crippen LogP contribution < -0.4 is 0 Å². The number of hydrogen-bond acceptors (Lipinski definition) is 1. The van der Waals surface area contributed by atoms with Gasteiger partial charge in [-0.3, -0.25) is 0 Å². The summed E-state index contributed by atoms with van der Waals surface area (Å²) in [5, 5.41) is 0. The first-order chi connectivity index (χ1) is 11.2. The molecule has 0 saturated heterocycles. The van der Waals surface area contributed by atoms with Gasteiger partial charge in [0.1, 0.15) is 0 Å². The average molecular weight is 343 g/mol. The SMILES string of the molecule is CCCCCCCCCCCCO[Si](CCC)(CCC)CCC. The summed E-state index contributed by atoms with van der Waals surface area (Å²) in [4.78, 5) is 0. The Bertz CT molecular complexity index is 213. The maximum atomic E-state index is 6.56. The van der Waals surface area contributed by atoms with Crippen molar-refractivity contribution >= 4 is 8.32 Å². The van der Waals surface area contributed by atoms with Crippen molar-refractivity contribution in [2.45, 2.75) is 129 Å².